The zero-order valence-electron chi connectivity index (χ0n) is 20.4. The lowest BCUT2D eigenvalue weighted by atomic mass is 9.90. The summed E-state index contributed by atoms with van der Waals surface area (Å²) in [5.41, 5.74) is 3.87. The maximum Gasteiger partial charge on any atom is 0.341 e. The number of halogens is 1. The average Bonchev–Trinajstić information content (AvgIpc) is 3.55. The lowest BCUT2D eigenvalue weighted by molar-refractivity contribution is -0.126. The number of hydroxylamine groups is 1. The second-order valence-electron chi connectivity index (χ2n) is 9.60. The van der Waals surface area contributed by atoms with E-state index in [0.29, 0.717) is 21.3 Å². The van der Waals surface area contributed by atoms with Crippen LogP contribution in [-0.2, 0) is 32.0 Å². The van der Waals surface area contributed by atoms with Crippen molar-refractivity contribution in [1.82, 2.24) is 0 Å². The molecule has 0 saturated carbocycles. The van der Waals surface area contributed by atoms with Gasteiger partial charge in [-0.25, -0.2) is 14.8 Å². The number of benzene rings is 2. The Kier molecular flexibility index (Phi) is 6.06. The monoisotopic (exact) mass is 536 g/mol. The number of nitrogens with zero attached hydrogens (tertiary/aromatic N) is 2. The highest BCUT2D eigenvalue weighted by molar-refractivity contribution is 7.17. The highest BCUT2D eigenvalue weighted by Gasteiger charge is 2.61. The number of ether oxygens (including phenoxy) is 1. The normalized spacial score (nSPS) is 22.8. The van der Waals surface area contributed by atoms with Gasteiger partial charge in [-0.3, -0.25) is 14.4 Å². The number of hydrogen-bond donors (Lipinski definition) is 0. The van der Waals surface area contributed by atoms with E-state index in [1.807, 2.05) is 31.2 Å². The summed E-state index contributed by atoms with van der Waals surface area (Å²) in [4.78, 5) is 49.2. The number of fused-ring (bicyclic) bond motifs is 2. The van der Waals surface area contributed by atoms with Crippen LogP contribution < -0.4 is 9.96 Å². The molecule has 1 aliphatic carbocycles. The Morgan fingerprint density at radius 1 is 1.03 bits per heavy atom. The molecule has 3 aliphatic rings. The zero-order chi connectivity index (χ0) is 25.8. The molecule has 6 rings (SSSR count). The fourth-order valence-corrected chi connectivity index (χ4v) is 7.06. The van der Waals surface area contributed by atoms with E-state index >= 15 is 0 Å². The second-order valence-corrected chi connectivity index (χ2v) is 11.1. The Labute approximate surface area is 223 Å². The molecule has 2 aliphatic heterocycles. The molecule has 1 aromatic heterocycles. The van der Waals surface area contributed by atoms with Crippen LogP contribution in [0, 0.1) is 12.8 Å². The van der Waals surface area contributed by atoms with Crippen LogP contribution in [0.2, 0.25) is 5.02 Å². The molecule has 0 spiro atoms. The first-order valence-electron chi connectivity index (χ1n) is 12.3. The van der Waals surface area contributed by atoms with Gasteiger partial charge < -0.3 is 4.74 Å². The Morgan fingerprint density at radius 3 is 2.43 bits per heavy atom. The molecule has 3 heterocycles. The van der Waals surface area contributed by atoms with Crippen LogP contribution in [0.1, 0.15) is 50.8 Å². The van der Waals surface area contributed by atoms with Gasteiger partial charge in [-0.1, -0.05) is 41.4 Å². The molecule has 3 atom stereocenters. The summed E-state index contributed by atoms with van der Waals surface area (Å²) in [5, 5.41) is 2.57. The lowest BCUT2D eigenvalue weighted by Gasteiger charge is -2.28. The van der Waals surface area contributed by atoms with Crippen molar-refractivity contribution in [3.63, 3.8) is 0 Å². The van der Waals surface area contributed by atoms with E-state index in [-0.39, 0.29) is 5.91 Å². The Hall–Kier alpha value is -3.20. The number of amides is 2. The molecule has 2 saturated heterocycles. The van der Waals surface area contributed by atoms with E-state index in [0.717, 1.165) is 47.3 Å². The van der Waals surface area contributed by atoms with Crippen molar-refractivity contribution in [3.8, 4) is 0 Å². The van der Waals surface area contributed by atoms with Crippen molar-refractivity contribution in [1.29, 1.82) is 0 Å². The summed E-state index contributed by atoms with van der Waals surface area (Å²) in [5.74, 6) is -2.14. The van der Waals surface area contributed by atoms with E-state index in [2.05, 4.69) is 0 Å². The summed E-state index contributed by atoms with van der Waals surface area (Å²) in [7, 11) is 1.32. The van der Waals surface area contributed by atoms with Gasteiger partial charge in [0.15, 0.2) is 6.10 Å². The van der Waals surface area contributed by atoms with E-state index in [4.69, 9.17) is 21.2 Å². The predicted molar refractivity (Wildman–Crippen MR) is 141 cm³/mol. The van der Waals surface area contributed by atoms with Crippen molar-refractivity contribution in [2.45, 2.75) is 44.8 Å². The third-order valence-electron chi connectivity index (χ3n) is 7.36. The first-order valence-corrected chi connectivity index (χ1v) is 13.5. The number of hydrogen-bond acceptors (Lipinski definition) is 7. The number of methoxy groups -OCH3 is 1. The van der Waals surface area contributed by atoms with Crippen LogP contribution in [0.4, 0.5) is 10.7 Å². The number of carbonyl (C=O) groups excluding carboxylic acids is 3. The van der Waals surface area contributed by atoms with Gasteiger partial charge in [-0.2, -0.15) is 0 Å². The molecule has 37 heavy (non-hydrogen) atoms. The van der Waals surface area contributed by atoms with Gasteiger partial charge in [0.25, 0.3) is 5.91 Å². The highest BCUT2D eigenvalue weighted by atomic mass is 35.5. The van der Waals surface area contributed by atoms with Gasteiger partial charge in [0.1, 0.15) is 10.9 Å². The molecule has 0 unspecified atom stereocenters. The topological polar surface area (TPSA) is 76.2 Å². The minimum atomic E-state index is -1.01. The number of anilines is 2. The van der Waals surface area contributed by atoms with Gasteiger partial charge in [0, 0.05) is 9.90 Å². The van der Waals surface area contributed by atoms with Crippen molar-refractivity contribution >= 4 is 51.4 Å². The first-order chi connectivity index (χ1) is 17.9. The molecule has 7 nitrogen and oxygen atoms in total. The molecule has 2 amide bonds. The number of esters is 1. The minimum absolute atomic E-state index is 0.338. The van der Waals surface area contributed by atoms with Crippen LogP contribution in [0.15, 0.2) is 48.5 Å². The maximum atomic E-state index is 14.1. The molecule has 9 heteroatoms. The second kappa shape index (κ2) is 9.28. The van der Waals surface area contributed by atoms with Crippen LogP contribution in [0.25, 0.3) is 0 Å². The van der Waals surface area contributed by atoms with E-state index in [9.17, 15) is 14.4 Å². The molecule has 0 N–H and O–H groups in total. The molecule has 2 fully saturated rings. The Bertz CT molecular complexity index is 1400. The number of imide groups is 1. The SMILES string of the molecule is COC(=O)c1c(N2C(=O)[C@H]3[C@@H](c4ccc(C)cc4)N(c4ccc(Cl)cc4)O[C@H]3C2=O)sc2c1CCCC2. The standard InChI is InChI=1S/C28H25ClN2O5S/c1-15-7-9-16(10-8-15)23-22-24(36-31(23)18-13-11-17(29)12-14-18)26(33)30(25(22)32)27-21(28(34)35-2)19-5-3-4-6-20(19)37-27/h7-14,22-24H,3-6H2,1-2H3/t22-,23+,24+/m0/s1. The van der Waals surface area contributed by atoms with E-state index < -0.39 is 29.9 Å². The predicted octanol–water partition coefficient (Wildman–Crippen LogP) is 5.43. The van der Waals surface area contributed by atoms with Gasteiger partial charge in [-0.15, -0.1) is 11.3 Å². The summed E-state index contributed by atoms with van der Waals surface area (Å²) in [6.07, 6.45) is 2.50. The largest absolute Gasteiger partial charge is 0.465 e. The van der Waals surface area contributed by atoms with Crippen molar-refractivity contribution in [2.24, 2.45) is 5.92 Å². The zero-order valence-corrected chi connectivity index (χ0v) is 22.0. The number of aryl methyl sites for hydroxylation is 2. The summed E-state index contributed by atoms with van der Waals surface area (Å²) in [6, 6.07) is 14.4. The highest BCUT2D eigenvalue weighted by Crippen LogP contribution is 2.50. The van der Waals surface area contributed by atoms with Crippen LogP contribution in [0.3, 0.4) is 0 Å². The molecule has 0 radical (unpaired) electrons. The van der Waals surface area contributed by atoms with E-state index in [1.165, 1.54) is 23.3 Å². The van der Waals surface area contributed by atoms with Gasteiger partial charge in [0.2, 0.25) is 5.91 Å². The minimum Gasteiger partial charge on any atom is -0.465 e. The quantitative estimate of drug-likeness (QED) is 0.327. The number of thiophene rings is 1. The molecular weight excluding hydrogens is 512 g/mol. The molecule has 2 aromatic carbocycles. The fourth-order valence-electron chi connectivity index (χ4n) is 5.55. The van der Waals surface area contributed by atoms with Gasteiger partial charge >= 0.3 is 5.97 Å². The maximum absolute atomic E-state index is 14.1. The summed E-state index contributed by atoms with van der Waals surface area (Å²) in [6.45, 7) is 1.99. The van der Waals surface area contributed by atoms with Crippen molar-refractivity contribution < 1.29 is 24.0 Å². The third-order valence-corrected chi connectivity index (χ3v) is 8.89. The summed E-state index contributed by atoms with van der Waals surface area (Å²) < 4.78 is 5.08. The molecule has 3 aromatic rings. The third kappa shape index (κ3) is 3.86. The molecular formula is C28H25ClN2O5S. The number of carbonyl (C=O) groups is 3. The van der Waals surface area contributed by atoms with Crippen LogP contribution in [0.5, 0.6) is 0 Å². The van der Waals surface area contributed by atoms with Gasteiger partial charge in [0.05, 0.1) is 24.4 Å². The average molecular weight is 537 g/mol. The smallest absolute Gasteiger partial charge is 0.341 e. The lowest BCUT2D eigenvalue weighted by Crippen LogP contribution is -2.37. The van der Waals surface area contributed by atoms with Gasteiger partial charge in [-0.05, 0) is 68.0 Å². The fraction of sp³-hybridized carbons (Fsp3) is 0.321. The van der Waals surface area contributed by atoms with Crippen LogP contribution in [-0.4, -0.2) is 31.0 Å². The molecule has 0 bridgehead atoms. The Balaban J connectivity index is 1.44. The first kappa shape index (κ1) is 24.2. The van der Waals surface area contributed by atoms with Crippen LogP contribution >= 0.6 is 22.9 Å². The molecule has 190 valence electrons. The summed E-state index contributed by atoms with van der Waals surface area (Å²) >= 11 is 7.45. The number of rotatable bonds is 4. The van der Waals surface area contributed by atoms with Crippen molar-refractivity contribution in [2.75, 3.05) is 17.1 Å². The Morgan fingerprint density at radius 2 is 1.73 bits per heavy atom. The van der Waals surface area contributed by atoms with E-state index in [1.54, 1.807) is 29.3 Å². The van der Waals surface area contributed by atoms with Crippen molar-refractivity contribution in [3.05, 3.63) is 80.7 Å².